The molecule has 2 heterocycles. The Labute approximate surface area is 201 Å². The SMILES string of the molecule is CN=C(NCc1ccc(N2CCCC2=O)cc1)NCc1ccc(OCC(F)(F)F)nc1.I. The average molecular weight is 563 g/mol. The van der Waals surface area contributed by atoms with Gasteiger partial charge in [-0.3, -0.25) is 9.79 Å². The molecular formula is C21H25F3IN5O2. The summed E-state index contributed by atoms with van der Waals surface area (Å²) in [6, 6.07) is 10.8. The van der Waals surface area contributed by atoms with E-state index in [-0.39, 0.29) is 35.8 Å². The number of hydrogen-bond acceptors (Lipinski definition) is 4. The van der Waals surface area contributed by atoms with Gasteiger partial charge in [0.1, 0.15) is 0 Å². The van der Waals surface area contributed by atoms with Crippen molar-refractivity contribution < 1.29 is 22.7 Å². The quantitative estimate of drug-likeness (QED) is 0.306. The van der Waals surface area contributed by atoms with Crippen molar-refractivity contribution in [3.8, 4) is 5.88 Å². The van der Waals surface area contributed by atoms with Crippen molar-refractivity contribution in [1.82, 2.24) is 15.6 Å². The largest absolute Gasteiger partial charge is 0.468 e. The fourth-order valence-corrected chi connectivity index (χ4v) is 3.06. The van der Waals surface area contributed by atoms with Crippen LogP contribution in [0.3, 0.4) is 0 Å². The van der Waals surface area contributed by atoms with Crippen LogP contribution in [0, 0.1) is 0 Å². The molecule has 1 aromatic heterocycles. The lowest BCUT2D eigenvalue weighted by Crippen LogP contribution is -2.36. The normalized spacial score (nSPS) is 14.2. The first-order valence-corrected chi connectivity index (χ1v) is 9.82. The van der Waals surface area contributed by atoms with Crippen molar-refractivity contribution in [1.29, 1.82) is 0 Å². The maximum atomic E-state index is 12.2. The molecule has 0 aliphatic carbocycles. The maximum absolute atomic E-state index is 12.2. The number of amides is 1. The van der Waals surface area contributed by atoms with Crippen LogP contribution in [0.4, 0.5) is 18.9 Å². The Morgan fingerprint density at radius 1 is 1.12 bits per heavy atom. The highest BCUT2D eigenvalue weighted by atomic mass is 127. The number of carbonyl (C=O) groups excluding carboxylic acids is 1. The van der Waals surface area contributed by atoms with Crippen LogP contribution in [-0.4, -0.2) is 43.2 Å². The van der Waals surface area contributed by atoms with Gasteiger partial charge in [0.2, 0.25) is 11.8 Å². The molecule has 3 rings (SSSR count). The van der Waals surface area contributed by atoms with E-state index in [1.807, 2.05) is 24.3 Å². The summed E-state index contributed by atoms with van der Waals surface area (Å²) >= 11 is 0. The number of anilines is 1. The molecule has 0 bridgehead atoms. The second-order valence-corrected chi connectivity index (χ2v) is 7.00. The molecule has 0 atom stereocenters. The number of alkyl halides is 3. The zero-order valence-corrected chi connectivity index (χ0v) is 19.8. The molecule has 1 saturated heterocycles. The van der Waals surface area contributed by atoms with Crippen molar-refractivity contribution in [2.45, 2.75) is 32.1 Å². The van der Waals surface area contributed by atoms with Crippen LogP contribution in [-0.2, 0) is 17.9 Å². The summed E-state index contributed by atoms with van der Waals surface area (Å²) in [5, 5.41) is 6.31. The van der Waals surface area contributed by atoms with Crippen molar-refractivity contribution in [2.75, 3.05) is 25.1 Å². The molecule has 0 radical (unpaired) electrons. The van der Waals surface area contributed by atoms with E-state index < -0.39 is 12.8 Å². The number of pyridine rings is 1. The van der Waals surface area contributed by atoms with Gasteiger partial charge in [-0.2, -0.15) is 13.2 Å². The molecular weight excluding hydrogens is 538 g/mol. The van der Waals surface area contributed by atoms with Crippen molar-refractivity contribution in [3.05, 3.63) is 53.7 Å². The van der Waals surface area contributed by atoms with Gasteiger partial charge >= 0.3 is 6.18 Å². The molecule has 1 aliphatic rings. The van der Waals surface area contributed by atoms with Crippen LogP contribution in [0.15, 0.2) is 47.6 Å². The third kappa shape index (κ3) is 7.84. The number of aromatic nitrogens is 1. The predicted octanol–water partition coefficient (Wildman–Crippen LogP) is 3.63. The Balaban J connectivity index is 0.00000363. The molecule has 1 amide bonds. The van der Waals surface area contributed by atoms with E-state index in [1.54, 1.807) is 18.0 Å². The van der Waals surface area contributed by atoms with Gasteiger partial charge in [0.05, 0.1) is 0 Å². The molecule has 0 spiro atoms. The molecule has 32 heavy (non-hydrogen) atoms. The van der Waals surface area contributed by atoms with E-state index in [1.165, 1.54) is 12.3 Å². The minimum Gasteiger partial charge on any atom is -0.468 e. The summed E-state index contributed by atoms with van der Waals surface area (Å²) in [7, 11) is 1.64. The average Bonchev–Trinajstić information content (AvgIpc) is 3.19. The summed E-state index contributed by atoms with van der Waals surface area (Å²) in [5.41, 5.74) is 2.71. The zero-order valence-electron chi connectivity index (χ0n) is 17.5. The molecule has 1 aliphatic heterocycles. The smallest absolute Gasteiger partial charge is 0.422 e. The number of nitrogens with one attached hydrogen (secondary N) is 2. The minimum atomic E-state index is -4.40. The molecule has 174 valence electrons. The van der Waals surface area contributed by atoms with Crippen LogP contribution in [0.25, 0.3) is 0 Å². The van der Waals surface area contributed by atoms with Gasteiger partial charge in [-0.25, -0.2) is 4.98 Å². The predicted molar refractivity (Wildman–Crippen MR) is 126 cm³/mol. The van der Waals surface area contributed by atoms with E-state index in [0.29, 0.717) is 25.5 Å². The number of guanidine groups is 1. The number of benzene rings is 1. The van der Waals surface area contributed by atoms with E-state index >= 15 is 0 Å². The number of hydrogen-bond donors (Lipinski definition) is 2. The summed E-state index contributed by atoms with van der Waals surface area (Å²) in [5.74, 6) is 0.642. The fourth-order valence-electron chi connectivity index (χ4n) is 3.06. The number of halogens is 4. The van der Waals surface area contributed by atoms with Gasteiger partial charge in [-0.1, -0.05) is 18.2 Å². The summed E-state index contributed by atoms with van der Waals surface area (Å²) < 4.78 is 41.1. The van der Waals surface area contributed by atoms with Crippen LogP contribution in [0.1, 0.15) is 24.0 Å². The topological polar surface area (TPSA) is 78.9 Å². The summed E-state index contributed by atoms with van der Waals surface area (Å²) in [6.45, 7) is 0.319. The van der Waals surface area contributed by atoms with Crippen molar-refractivity contribution in [3.63, 3.8) is 0 Å². The molecule has 2 aromatic rings. The van der Waals surface area contributed by atoms with Crippen LogP contribution < -0.4 is 20.3 Å². The van der Waals surface area contributed by atoms with Gasteiger partial charge in [0, 0.05) is 51.1 Å². The van der Waals surface area contributed by atoms with Gasteiger partial charge in [-0.15, -0.1) is 24.0 Å². The highest BCUT2D eigenvalue weighted by Gasteiger charge is 2.28. The Morgan fingerprint density at radius 3 is 2.31 bits per heavy atom. The number of aliphatic imine (C=N–C) groups is 1. The highest BCUT2D eigenvalue weighted by Crippen LogP contribution is 2.21. The third-order valence-electron chi connectivity index (χ3n) is 4.65. The summed E-state index contributed by atoms with van der Waals surface area (Å²) in [4.78, 5) is 21.7. The Kier molecular flexibility index (Phi) is 9.54. The lowest BCUT2D eigenvalue weighted by molar-refractivity contribution is -0.154. The molecule has 11 heteroatoms. The Hall–Kier alpha value is -2.57. The fraction of sp³-hybridized carbons (Fsp3) is 0.381. The Morgan fingerprint density at radius 2 is 1.78 bits per heavy atom. The highest BCUT2D eigenvalue weighted by molar-refractivity contribution is 14.0. The molecule has 7 nitrogen and oxygen atoms in total. The number of ether oxygens (including phenoxy) is 1. The molecule has 0 saturated carbocycles. The van der Waals surface area contributed by atoms with Crippen molar-refractivity contribution >= 4 is 41.5 Å². The van der Waals surface area contributed by atoms with E-state index in [0.717, 1.165) is 29.8 Å². The van der Waals surface area contributed by atoms with Crippen molar-refractivity contribution in [2.24, 2.45) is 4.99 Å². The summed E-state index contributed by atoms with van der Waals surface area (Å²) in [6.07, 6.45) is -1.45. The second kappa shape index (κ2) is 11.9. The number of rotatable bonds is 7. The Bertz CT molecular complexity index is 905. The van der Waals surface area contributed by atoms with E-state index in [4.69, 9.17) is 0 Å². The molecule has 0 unspecified atom stereocenters. The van der Waals surface area contributed by atoms with E-state index in [9.17, 15) is 18.0 Å². The van der Waals surface area contributed by atoms with E-state index in [2.05, 4.69) is 25.3 Å². The van der Waals surface area contributed by atoms with Gasteiger partial charge in [0.25, 0.3) is 0 Å². The first kappa shape index (κ1) is 25.7. The molecule has 1 fully saturated rings. The van der Waals surface area contributed by atoms with Gasteiger partial charge in [-0.05, 0) is 29.7 Å². The molecule has 1 aromatic carbocycles. The van der Waals surface area contributed by atoms with Gasteiger partial charge in [0.15, 0.2) is 12.6 Å². The second-order valence-electron chi connectivity index (χ2n) is 7.00. The lowest BCUT2D eigenvalue weighted by atomic mass is 10.2. The third-order valence-corrected chi connectivity index (χ3v) is 4.65. The first-order valence-electron chi connectivity index (χ1n) is 9.82. The van der Waals surface area contributed by atoms with Crippen LogP contribution in [0.2, 0.25) is 0 Å². The standard InChI is InChI=1S/C21H24F3N5O2.HI/c1-25-20(28-13-16-6-9-18(26-12-16)31-14-21(22,23)24)27-11-15-4-7-17(8-5-15)29-10-2-3-19(29)30;/h4-9,12H,2-3,10-11,13-14H2,1H3,(H2,25,27,28);1H. The van der Waals surface area contributed by atoms with Crippen LogP contribution in [0.5, 0.6) is 5.88 Å². The number of carbonyl (C=O) groups is 1. The minimum absolute atomic E-state index is 0. The number of nitrogens with zero attached hydrogens (tertiary/aromatic N) is 3. The zero-order chi connectivity index (χ0) is 22.3. The van der Waals surface area contributed by atoms with Crippen LogP contribution >= 0.6 is 24.0 Å². The first-order chi connectivity index (χ1) is 14.8. The molecule has 2 N–H and O–H groups in total. The maximum Gasteiger partial charge on any atom is 0.422 e. The monoisotopic (exact) mass is 563 g/mol. The lowest BCUT2D eigenvalue weighted by Gasteiger charge is -2.16. The van der Waals surface area contributed by atoms with Gasteiger partial charge < -0.3 is 20.3 Å².